The third-order valence-electron chi connectivity index (χ3n) is 3.94. The largest absolute Gasteiger partial charge is 0.496 e. The van der Waals surface area contributed by atoms with Crippen molar-refractivity contribution in [1.29, 1.82) is 0 Å². The Morgan fingerprint density at radius 3 is 2.69 bits per heavy atom. The molecule has 0 spiro atoms. The van der Waals surface area contributed by atoms with E-state index in [9.17, 15) is 8.42 Å². The fourth-order valence-corrected chi connectivity index (χ4v) is 4.92. The summed E-state index contributed by atoms with van der Waals surface area (Å²) < 4.78 is 37.1. The summed E-state index contributed by atoms with van der Waals surface area (Å²) in [4.78, 5) is 4.48. The SMILES string of the molecule is COc1ccc(Cl)cc1CSc1ccc(S(=O)(=O)N2CCOCC2)cn1. The van der Waals surface area contributed by atoms with Gasteiger partial charge in [0.1, 0.15) is 10.6 Å². The van der Waals surface area contributed by atoms with E-state index >= 15 is 0 Å². The van der Waals surface area contributed by atoms with Crippen molar-refractivity contribution in [2.24, 2.45) is 0 Å². The Bertz CT molecular complexity index is 854. The smallest absolute Gasteiger partial charge is 0.244 e. The lowest BCUT2D eigenvalue weighted by Gasteiger charge is -2.25. The molecule has 0 amide bonds. The Morgan fingerprint density at radius 1 is 1.27 bits per heavy atom. The minimum atomic E-state index is -3.52. The fraction of sp³-hybridized carbons (Fsp3) is 0.353. The Kier molecular flexibility index (Phi) is 6.42. The van der Waals surface area contributed by atoms with E-state index in [1.807, 2.05) is 12.1 Å². The number of sulfonamides is 1. The van der Waals surface area contributed by atoms with E-state index in [2.05, 4.69) is 4.98 Å². The number of benzene rings is 1. The summed E-state index contributed by atoms with van der Waals surface area (Å²) in [6, 6.07) is 8.76. The number of rotatable bonds is 6. The number of ether oxygens (including phenoxy) is 2. The maximum absolute atomic E-state index is 12.6. The molecule has 1 aliphatic rings. The van der Waals surface area contributed by atoms with Crippen LogP contribution in [0.3, 0.4) is 0 Å². The molecule has 1 aromatic carbocycles. The van der Waals surface area contributed by atoms with Gasteiger partial charge >= 0.3 is 0 Å². The predicted octanol–water partition coefficient (Wildman–Crippen LogP) is 3.06. The molecule has 0 radical (unpaired) electrons. The number of pyridine rings is 1. The van der Waals surface area contributed by atoms with Crippen molar-refractivity contribution in [2.45, 2.75) is 15.7 Å². The van der Waals surface area contributed by atoms with Crippen LogP contribution in [0.15, 0.2) is 46.5 Å². The predicted molar refractivity (Wildman–Crippen MR) is 101 cm³/mol. The molecule has 2 heterocycles. The van der Waals surface area contributed by atoms with Crippen LogP contribution in [0.2, 0.25) is 5.02 Å². The maximum atomic E-state index is 12.6. The van der Waals surface area contributed by atoms with E-state index < -0.39 is 10.0 Å². The first kappa shape index (κ1) is 19.4. The number of halogens is 1. The van der Waals surface area contributed by atoms with Gasteiger partial charge in [-0.25, -0.2) is 13.4 Å². The molecule has 9 heteroatoms. The highest BCUT2D eigenvalue weighted by Crippen LogP contribution is 2.29. The van der Waals surface area contributed by atoms with E-state index in [1.165, 1.54) is 22.3 Å². The van der Waals surface area contributed by atoms with Crippen LogP contribution in [0.25, 0.3) is 0 Å². The molecule has 1 saturated heterocycles. The van der Waals surface area contributed by atoms with E-state index in [4.69, 9.17) is 21.1 Å². The Morgan fingerprint density at radius 2 is 2.04 bits per heavy atom. The number of hydrogen-bond donors (Lipinski definition) is 0. The highest BCUT2D eigenvalue weighted by molar-refractivity contribution is 7.98. The second-order valence-corrected chi connectivity index (χ2v) is 8.96. The van der Waals surface area contributed by atoms with Gasteiger partial charge in [-0.2, -0.15) is 4.31 Å². The van der Waals surface area contributed by atoms with Crippen LogP contribution in [-0.4, -0.2) is 51.1 Å². The van der Waals surface area contributed by atoms with Crippen molar-refractivity contribution < 1.29 is 17.9 Å². The molecular formula is C17H19ClN2O4S2. The first-order chi connectivity index (χ1) is 12.5. The van der Waals surface area contributed by atoms with Crippen LogP contribution >= 0.6 is 23.4 Å². The number of aromatic nitrogens is 1. The average molecular weight is 415 g/mol. The molecule has 0 atom stereocenters. The highest BCUT2D eigenvalue weighted by Gasteiger charge is 2.26. The standard InChI is InChI=1S/C17H19ClN2O4S2/c1-23-16-4-2-14(18)10-13(16)12-25-17-5-3-15(11-19-17)26(21,22)20-6-8-24-9-7-20/h2-5,10-11H,6-9,12H2,1H3. The molecular weight excluding hydrogens is 396 g/mol. The third kappa shape index (κ3) is 4.50. The minimum absolute atomic E-state index is 0.198. The van der Waals surface area contributed by atoms with Crippen LogP contribution in [0, 0.1) is 0 Å². The van der Waals surface area contributed by atoms with Crippen LogP contribution in [0.4, 0.5) is 0 Å². The minimum Gasteiger partial charge on any atom is -0.496 e. The lowest BCUT2D eigenvalue weighted by molar-refractivity contribution is 0.0730. The number of thioether (sulfide) groups is 1. The van der Waals surface area contributed by atoms with Crippen molar-refractivity contribution in [3.63, 3.8) is 0 Å². The van der Waals surface area contributed by atoms with Gasteiger partial charge in [0.25, 0.3) is 0 Å². The van der Waals surface area contributed by atoms with Crippen molar-refractivity contribution in [3.05, 3.63) is 47.1 Å². The van der Waals surface area contributed by atoms with Gasteiger partial charge in [0.05, 0.1) is 25.3 Å². The molecule has 0 aliphatic carbocycles. The molecule has 26 heavy (non-hydrogen) atoms. The lowest BCUT2D eigenvalue weighted by atomic mass is 10.2. The van der Waals surface area contributed by atoms with Crippen molar-refractivity contribution in [3.8, 4) is 5.75 Å². The summed E-state index contributed by atoms with van der Waals surface area (Å²) in [6.07, 6.45) is 1.41. The maximum Gasteiger partial charge on any atom is 0.244 e. The summed E-state index contributed by atoms with van der Waals surface area (Å²) in [5.74, 6) is 1.38. The first-order valence-corrected chi connectivity index (χ1v) is 10.8. The number of hydrogen-bond acceptors (Lipinski definition) is 6. The van der Waals surface area contributed by atoms with Crippen molar-refractivity contribution >= 4 is 33.4 Å². The van der Waals surface area contributed by atoms with Gasteiger partial charge in [0.15, 0.2) is 0 Å². The quantitative estimate of drug-likeness (QED) is 0.676. The van der Waals surface area contributed by atoms with Gasteiger partial charge in [-0.3, -0.25) is 0 Å². The van der Waals surface area contributed by atoms with Crippen LogP contribution in [-0.2, 0) is 20.5 Å². The van der Waals surface area contributed by atoms with Gasteiger partial charge in [-0.15, -0.1) is 11.8 Å². The fourth-order valence-electron chi connectivity index (χ4n) is 2.55. The topological polar surface area (TPSA) is 68.7 Å². The number of morpholine rings is 1. The summed E-state index contributed by atoms with van der Waals surface area (Å²) >= 11 is 7.53. The molecule has 0 saturated carbocycles. The summed E-state index contributed by atoms with van der Waals surface area (Å²) in [6.45, 7) is 1.57. The van der Waals surface area contributed by atoms with Crippen LogP contribution in [0.5, 0.6) is 5.75 Å². The highest BCUT2D eigenvalue weighted by atomic mass is 35.5. The van der Waals surface area contributed by atoms with Crippen LogP contribution < -0.4 is 4.74 Å². The van der Waals surface area contributed by atoms with Gasteiger partial charge in [0.2, 0.25) is 10.0 Å². The molecule has 1 fully saturated rings. The number of methoxy groups -OCH3 is 1. The zero-order valence-electron chi connectivity index (χ0n) is 14.2. The molecule has 6 nitrogen and oxygen atoms in total. The van der Waals surface area contributed by atoms with E-state index in [1.54, 1.807) is 25.3 Å². The molecule has 0 N–H and O–H groups in total. The molecule has 1 aliphatic heterocycles. The van der Waals surface area contributed by atoms with Gasteiger partial charge < -0.3 is 9.47 Å². The Balaban J connectivity index is 1.69. The van der Waals surface area contributed by atoms with Crippen molar-refractivity contribution in [1.82, 2.24) is 9.29 Å². The van der Waals surface area contributed by atoms with E-state index in [0.717, 1.165) is 16.3 Å². The zero-order valence-corrected chi connectivity index (χ0v) is 16.6. The monoisotopic (exact) mass is 414 g/mol. The second kappa shape index (κ2) is 8.58. The molecule has 2 aromatic rings. The van der Waals surface area contributed by atoms with Gasteiger partial charge in [0, 0.05) is 35.6 Å². The van der Waals surface area contributed by atoms with E-state index in [0.29, 0.717) is 37.1 Å². The zero-order chi connectivity index (χ0) is 18.6. The van der Waals surface area contributed by atoms with Gasteiger partial charge in [-0.1, -0.05) is 11.6 Å². The first-order valence-electron chi connectivity index (χ1n) is 8.00. The van der Waals surface area contributed by atoms with Crippen molar-refractivity contribution in [2.75, 3.05) is 33.4 Å². The normalized spacial score (nSPS) is 15.8. The lowest BCUT2D eigenvalue weighted by Crippen LogP contribution is -2.40. The summed E-state index contributed by atoms with van der Waals surface area (Å²) in [5, 5.41) is 1.37. The Hall–Kier alpha value is -1.32. The second-order valence-electron chi connectivity index (χ2n) is 5.59. The van der Waals surface area contributed by atoms with Gasteiger partial charge in [-0.05, 0) is 30.3 Å². The molecule has 3 rings (SSSR count). The van der Waals surface area contributed by atoms with E-state index in [-0.39, 0.29) is 4.90 Å². The summed E-state index contributed by atoms with van der Waals surface area (Å²) in [7, 11) is -1.91. The number of nitrogens with zero attached hydrogens (tertiary/aromatic N) is 2. The Labute approximate surface area is 162 Å². The third-order valence-corrected chi connectivity index (χ3v) is 7.04. The summed E-state index contributed by atoms with van der Waals surface area (Å²) in [5.41, 5.74) is 0.955. The average Bonchev–Trinajstić information content (AvgIpc) is 2.67. The molecule has 0 bridgehead atoms. The molecule has 0 unspecified atom stereocenters. The molecule has 140 valence electrons. The van der Waals surface area contributed by atoms with Crippen LogP contribution in [0.1, 0.15) is 5.56 Å². The molecule has 1 aromatic heterocycles.